The first-order valence-corrected chi connectivity index (χ1v) is 10.4. The lowest BCUT2D eigenvalue weighted by Gasteiger charge is -2.62. The molecule has 2 heterocycles. The number of epoxide rings is 1. The number of cyclic esters (lactones) is 1. The van der Waals surface area contributed by atoms with Crippen LogP contribution in [0, 0.1) is 22.7 Å². The third-order valence-corrected chi connectivity index (χ3v) is 8.44. The van der Waals surface area contributed by atoms with Gasteiger partial charge in [0.2, 0.25) is 0 Å². The van der Waals surface area contributed by atoms with Gasteiger partial charge in [0.25, 0.3) is 0 Å². The van der Waals surface area contributed by atoms with Crippen LogP contribution in [0.5, 0.6) is 0 Å². The molecule has 0 N–H and O–H groups in total. The van der Waals surface area contributed by atoms with Gasteiger partial charge in [-0.2, -0.15) is 0 Å². The maximum atomic E-state index is 11.8. The van der Waals surface area contributed by atoms with Crippen LogP contribution >= 0.6 is 0 Å². The molecule has 0 bridgehead atoms. The van der Waals surface area contributed by atoms with Crippen molar-refractivity contribution >= 4 is 11.9 Å². The van der Waals surface area contributed by atoms with E-state index in [9.17, 15) is 9.59 Å². The average Bonchev–Trinajstić information content (AvgIpc) is 3.27. The zero-order valence-corrected chi connectivity index (χ0v) is 17.0. The van der Waals surface area contributed by atoms with Crippen LogP contribution in [-0.4, -0.2) is 36.9 Å². The highest BCUT2D eigenvalue weighted by molar-refractivity contribution is 5.85. The molecule has 0 aromatic heterocycles. The molecule has 0 aromatic carbocycles. The van der Waals surface area contributed by atoms with Gasteiger partial charge in [0.15, 0.2) is 0 Å². The van der Waals surface area contributed by atoms with Crippen LogP contribution in [0.15, 0.2) is 11.6 Å². The van der Waals surface area contributed by atoms with Crippen LogP contribution in [0.3, 0.4) is 0 Å². The van der Waals surface area contributed by atoms with Crippen molar-refractivity contribution in [1.29, 1.82) is 0 Å². The normalized spacial score (nSPS) is 45.9. The van der Waals surface area contributed by atoms with Crippen LogP contribution in [0.25, 0.3) is 0 Å². The van der Waals surface area contributed by atoms with Crippen molar-refractivity contribution < 1.29 is 23.8 Å². The van der Waals surface area contributed by atoms with E-state index in [1.165, 1.54) is 13.3 Å². The molecule has 0 radical (unpaired) electrons. The van der Waals surface area contributed by atoms with E-state index in [-0.39, 0.29) is 34.5 Å². The van der Waals surface area contributed by atoms with Gasteiger partial charge in [0.05, 0.1) is 6.61 Å². The molecule has 2 aliphatic heterocycles. The third-order valence-electron chi connectivity index (χ3n) is 8.44. The molecule has 5 nitrogen and oxygen atoms in total. The molecule has 4 rings (SSSR count). The Kier molecular flexibility index (Phi) is 4.45. The number of rotatable bonds is 4. The van der Waals surface area contributed by atoms with Crippen LogP contribution in [0.4, 0.5) is 0 Å². The first-order chi connectivity index (χ1) is 12.7. The molecule has 0 amide bonds. The molecule has 3 fully saturated rings. The number of fused-ring (bicyclic) bond motifs is 2. The number of hydrogen-bond acceptors (Lipinski definition) is 5. The summed E-state index contributed by atoms with van der Waals surface area (Å²) >= 11 is 0. The van der Waals surface area contributed by atoms with Crippen molar-refractivity contribution in [1.82, 2.24) is 0 Å². The molecule has 6 unspecified atom stereocenters. The molecule has 2 saturated carbocycles. The smallest absolute Gasteiger partial charge is 0.331 e. The van der Waals surface area contributed by atoms with E-state index >= 15 is 0 Å². The second-order valence-electron chi connectivity index (χ2n) is 9.66. The van der Waals surface area contributed by atoms with Gasteiger partial charge in [-0.3, -0.25) is 4.79 Å². The summed E-state index contributed by atoms with van der Waals surface area (Å²) < 4.78 is 17.1. The highest BCUT2D eigenvalue weighted by Crippen LogP contribution is 2.68. The molecule has 27 heavy (non-hydrogen) atoms. The SMILES string of the molecule is CC(=O)OC1CC(C)C(C)(CCC2=CC(=O)OC2)C2CCCC3(CO3)C12C. The molecule has 1 spiro atoms. The van der Waals surface area contributed by atoms with Crippen molar-refractivity contribution in [2.45, 2.75) is 77.9 Å². The number of ether oxygens (including phenoxy) is 3. The molecule has 6 atom stereocenters. The monoisotopic (exact) mass is 376 g/mol. The summed E-state index contributed by atoms with van der Waals surface area (Å²) in [4.78, 5) is 23.2. The summed E-state index contributed by atoms with van der Waals surface area (Å²) in [5, 5.41) is 0. The summed E-state index contributed by atoms with van der Waals surface area (Å²) in [7, 11) is 0. The van der Waals surface area contributed by atoms with Crippen LogP contribution in [-0.2, 0) is 23.8 Å². The van der Waals surface area contributed by atoms with E-state index in [1.807, 2.05) is 0 Å². The lowest BCUT2D eigenvalue weighted by atomic mass is 9.43. The number of carbonyl (C=O) groups is 2. The minimum Gasteiger partial charge on any atom is -0.462 e. The topological polar surface area (TPSA) is 65.1 Å². The Morgan fingerprint density at radius 2 is 2.11 bits per heavy atom. The van der Waals surface area contributed by atoms with Gasteiger partial charge in [-0.25, -0.2) is 4.79 Å². The van der Waals surface area contributed by atoms with E-state index in [4.69, 9.17) is 14.2 Å². The molecule has 5 heteroatoms. The highest BCUT2D eigenvalue weighted by Gasteiger charge is 2.72. The molecule has 1 saturated heterocycles. The Balaban J connectivity index is 1.64. The molecule has 0 aromatic rings. The average molecular weight is 376 g/mol. The number of carbonyl (C=O) groups excluding carboxylic acids is 2. The van der Waals surface area contributed by atoms with Gasteiger partial charge < -0.3 is 14.2 Å². The van der Waals surface area contributed by atoms with E-state index in [1.54, 1.807) is 6.08 Å². The molecule has 150 valence electrons. The highest BCUT2D eigenvalue weighted by atomic mass is 16.6. The molecule has 4 aliphatic rings. The van der Waals surface area contributed by atoms with Gasteiger partial charge in [0.1, 0.15) is 18.3 Å². The first kappa shape index (κ1) is 19.0. The summed E-state index contributed by atoms with van der Waals surface area (Å²) in [5.74, 6) is 0.471. The van der Waals surface area contributed by atoms with E-state index in [2.05, 4.69) is 20.8 Å². The van der Waals surface area contributed by atoms with Gasteiger partial charge in [0, 0.05) is 18.4 Å². The minimum absolute atomic E-state index is 0.0820. The second-order valence-corrected chi connectivity index (χ2v) is 9.66. The maximum Gasteiger partial charge on any atom is 0.331 e. The molecule has 2 aliphatic carbocycles. The zero-order valence-electron chi connectivity index (χ0n) is 17.0. The van der Waals surface area contributed by atoms with Crippen molar-refractivity contribution in [3.05, 3.63) is 11.6 Å². The Hall–Kier alpha value is -1.36. The Bertz CT molecular complexity index is 678. The molecular weight excluding hydrogens is 344 g/mol. The molecular formula is C22H32O5. The number of esters is 2. The van der Waals surface area contributed by atoms with Crippen LogP contribution in [0.2, 0.25) is 0 Å². The van der Waals surface area contributed by atoms with Crippen molar-refractivity contribution in [3.8, 4) is 0 Å². The quantitative estimate of drug-likeness (QED) is 0.551. The van der Waals surface area contributed by atoms with Gasteiger partial charge in [-0.1, -0.05) is 27.2 Å². The van der Waals surface area contributed by atoms with Crippen molar-refractivity contribution in [2.75, 3.05) is 13.2 Å². The van der Waals surface area contributed by atoms with Gasteiger partial charge in [-0.15, -0.1) is 0 Å². The minimum atomic E-state index is -0.213. The summed E-state index contributed by atoms with van der Waals surface area (Å²) in [6.45, 7) is 9.76. The van der Waals surface area contributed by atoms with Gasteiger partial charge >= 0.3 is 11.9 Å². The van der Waals surface area contributed by atoms with Crippen molar-refractivity contribution in [2.24, 2.45) is 22.7 Å². The van der Waals surface area contributed by atoms with Gasteiger partial charge in [-0.05, 0) is 54.9 Å². The third kappa shape index (κ3) is 2.84. The Morgan fingerprint density at radius 1 is 1.37 bits per heavy atom. The predicted octanol–water partition coefficient (Wildman–Crippen LogP) is 3.80. The van der Waals surface area contributed by atoms with Crippen LogP contribution < -0.4 is 0 Å². The number of hydrogen-bond donors (Lipinski definition) is 0. The second kappa shape index (κ2) is 6.33. The first-order valence-electron chi connectivity index (χ1n) is 10.4. The van der Waals surface area contributed by atoms with E-state index in [0.717, 1.165) is 44.3 Å². The Labute approximate surface area is 161 Å². The lowest BCUT2D eigenvalue weighted by molar-refractivity contribution is -0.206. The fraction of sp³-hybridized carbons (Fsp3) is 0.818. The van der Waals surface area contributed by atoms with Crippen molar-refractivity contribution in [3.63, 3.8) is 0 Å². The summed E-state index contributed by atoms with van der Waals surface area (Å²) in [6, 6.07) is 0. The standard InChI is InChI=1S/C22H32O5/c1-14-10-18(27-15(2)23)21(4)17(6-5-8-22(21)13-26-22)20(14,3)9-7-16-11-19(24)25-12-16/h11,14,17-18H,5-10,12-13H2,1-4H3. The summed E-state index contributed by atoms with van der Waals surface area (Å²) in [6.07, 6.45) is 7.75. The predicted molar refractivity (Wildman–Crippen MR) is 99.8 cm³/mol. The van der Waals surface area contributed by atoms with E-state index in [0.29, 0.717) is 18.4 Å². The zero-order chi connectivity index (χ0) is 19.4. The fourth-order valence-corrected chi connectivity index (χ4v) is 6.51. The largest absolute Gasteiger partial charge is 0.462 e. The van der Waals surface area contributed by atoms with E-state index < -0.39 is 0 Å². The van der Waals surface area contributed by atoms with Crippen LogP contribution in [0.1, 0.15) is 66.2 Å². The maximum absolute atomic E-state index is 11.8. The summed E-state index contributed by atoms with van der Waals surface area (Å²) in [5.41, 5.74) is 0.958. The lowest BCUT2D eigenvalue weighted by Crippen LogP contribution is -2.63. The fourth-order valence-electron chi connectivity index (χ4n) is 6.51. The Morgan fingerprint density at radius 3 is 2.70 bits per heavy atom.